The van der Waals surface area contributed by atoms with Crippen LogP contribution in [0.3, 0.4) is 0 Å². The van der Waals surface area contributed by atoms with Crippen LogP contribution in [0.4, 0.5) is 29.1 Å². The number of piperidine rings is 2. The van der Waals surface area contributed by atoms with E-state index in [1.807, 2.05) is 0 Å². The average Bonchev–Trinajstić information content (AvgIpc) is 3.44. The van der Waals surface area contributed by atoms with Gasteiger partial charge in [-0.05, 0) is 24.6 Å². The minimum absolute atomic E-state index is 0.0447. The normalized spacial score (nSPS) is 24.1. The molecule has 4 fully saturated rings. The summed E-state index contributed by atoms with van der Waals surface area (Å²) in [5.74, 6) is -2.13. The highest BCUT2D eigenvalue weighted by atomic mass is 35.5. The van der Waals surface area contributed by atoms with Crippen LogP contribution in [0.2, 0.25) is 10.0 Å². The van der Waals surface area contributed by atoms with Crippen LogP contribution in [0.1, 0.15) is 12.8 Å². The number of halogens is 6. The van der Waals surface area contributed by atoms with Crippen molar-refractivity contribution >= 4 is 51.5 Å². The van der Waals surface area contributed by atoms with Gasteiger partial charge in [0.15, 0.2) is 17.3 Å². The van der Waals surface area contributed by atoms with Gasteiger partial charge < -0.3 is 24.4 Å². The van der Waals surface area contributed by atoms with Crippen LogP contribution in [0.15, 0.2) is 30.6 Å². The second kappa shape index (κ2) is 10.4. The van der Waals surface area contributed by atoms with E-state index < -0.39 is 24.0 Å². The summed E-state index contributed by atoms with van der Waals surface area (Å²) in [6, 6.07) is 6.21. The molecule has 4 heterocycles. The van der Waals surface area contributed by atoms with E-state index in [2.05, 4.69) is 15.3 Å². The molecule has 3 aromatic rings. The van der Waals surface area contributed by atoms with Crippen molar-refractivity contribution in [2.24, 2.45) is 11.8 Å². The summed E-state index contributed by atoms with van der Waals surface area (Å²) in [5.41, 5.74) is 0.526. The molecule has 0 radical (unpaired) electrons. The van der Waals surface area contributed by atoms with Crippen molar-refractivity contribution in [3.8, 4) is 11.5 Å². The van der Waals surface area contributed by atoms with E-state index in [1.165, 1.54) is 18.5 Å². The molecule has 1 N–H and O–H groups in total. The van der Waals surface area contributed by atoms with Gasteiger partial charge in [0.25, 0.3) is 0 Å². The number of alkyl halides is 3. The standard InChI is InChI=1S/C26H22Cl2F4N4O4/c27-16-1-2-17(22(29)21(16)28)35-24-15-6-19(20(7-18(15)33-11-34-24)39-14-3-4-38-10-14)40-23-12-5-13(23)9-36(8-12)25(37)26(30,31)32/h1-2,6-7,11-14,23H,3-5,8-10H2,(H,33,34,35)/t12-,13+,14?,23?. The molecule has 1 saturated carbocycles. The third kappa shape index (κ3) is 5.08. The molecule has 7 rings (SSSR count). The average molecular weight is 601 g/mol. The van der Waals surface area contributed by atoms with Crippen molar-refractivity contribution in [1.82, 2.24) is 14.9 Å². The summed E-state index contributed by atoms with van der Waals surface area (Å²) in [5, 5.41) is 3.23. The fourth-order valence-corrected chi connectivity index (χ4v) is 5.72. The molecule has 14 heteroatoms. The van der Waals surface area contributed by atoms with Crippen LogP contribution < -0.4 is 14.8 Å². The Hall–Kier alpha value is -3.09. The topological polar surface area (TPSA) is 85.8 Å². The quantitative estimate of drug-likeness (QED) is 0.284. The number of nitrogens with one attached hydrogen (secondary N) is 1. The Bertz CT molecular complexity index is 1460. The van der Waals surface area contributed by atoms with Gasteiger partial charge in [-0.2, -0.15) is 13.2 Å². The number of carbonyl (C=O) groups excluding carboxylic acids is 1. The Morgan fingerprint density at radius 3 is 2.55 bits per heavy atom. The maximum Gasteiger partial charge on any atom is 0.471 e. The Labute approximate surface area is 235 Å². The number of carbonyl (C=O) groups is 1. The van der Waals surface area contributed by atoms with Crippen molar-refractivity contribution in [3.05, 3.63) is 46.5 Å². The largest absolute Gasteiger partial charge is 0.486 e. The van der Waals surface area contributed by atoms with Crippen LogP contribution in [-0.2, 0) is 9.53 Å². The molecule has 1 aromatic heterocycles. The summed E-state index contributed by atoms with van der Waals surface area (Å²) in [6.45, 7) is 0.849. The Morgan fingerprint density at radius 2 is 1.85 bits per heavy atom. The van der Waals surface area contributed by atoms with E-state index in [1.54, 1.807) is 12.1 Å². The van der Waals surface area contributed by atoms with E-state index in [0.717, 1.165) is 4.90 Å². The van der Waals surface area contributed by atoms with Gasteiger partial charge in [0, 0.05) is 42.8 Å². The van der Waals surface area contributed by atoms with Crippen LogP contribution in [-0.4, -0.2) is 65.5 Å². The molecule has 2 bridgehead atoms. The number of hydrogen-bond donors (Lipinski definition) is 1. The third-order valence-electron chi connectivity index (χ3n) is 7.41. The molecule has 3 aliphatic heterocycles. The van der Waals surface area contributed by atoms with Gasteiger partial charge in [-0.1, -0.05) is 23.2 Å². The second-order valence-corrected chi connectivity index (χ2v) is 10.8. The minimum atomic E-state index is -4.92. The number of amides is 1. The fraction of sp³-hybridized carbons (Fsp3) is 0.423. The molecule has 8 nitrogen and oxygen atoms in total. The number of aromatic nitrogens is 2. The van der Waals surface area contributed by atoms with Crippen LogP contribution in [0.25, 0.3) is 10.9 Å². The predicted octanol–water partition coefficient (Wildman–Crippen LogP) is 5.78. The first kappa shape index (κ1) is 27.1. The second-order valence-electron chi connectivity index (χ2n) is 10.0. The lowest BCUT2D eigenvalue weighted by Crippen LogP contribution is -2.63. The molecule has 4 atom stereocenters. The van der Waals surface area contributed by atoms with Crippen molar-refractivity contribution in [1.29, 1.82) is 0 Å². The van der Waals surface area contributed by atoms with Crippen LogP contribution in [0.5, 0.6) is 11.5 Å². The Balaban J connectivity index is 1.31. The molecular weight excluding hydrogens is 579 g/mol. The predicted molar refractivity (Wildman–Crippen MR) is 138 cm³/mol. The lowest BCUT2D eigenvalue weighted by Gasteiger charge is -2.52. The summed E-state index contributed by atoms with van der Waals surface area (Å²) in [7, 11) is 0. The van der Waals surface area contributed by atoms with Crippen LogP contribution >= 0.6 is 23.2 Å². The molecular formula is C26H22Cl2F4N4O4. The smallest absolute Gasteiger partial charge is 0.471 e. The van der Waals surface area contributed by atoms with E-state index in [0.29, 0.717) is 48.5 Å². The Kier molecular flexibility index (Phi) is 7.04. The molecule has 0 spiro atoms. The summed E-state index contributed by atoms with van der Waals surface area (Å²) in [6.07, 6.45) is -2.91. The molecule has 1 aliphatic carbocycles. The number of fused-ring (bicyclic) bond motifs is 3. The van der Waals surface area contributed by atoms with Gasteiger partial charge in [0.05, 0.1) is 34.5 Å². The molecule has 212 valence electrons. The first-order valence-corrected chi connectivity index (χ1v) is 13.3. The zero-order chi connectivity index (χ0) is 28.2. The minimum Gasteiger partial charge on any atom is -0.486 e. The van der Waals surface area contributed by atoms with Gasteiger partial charge in [0.2, 0.25) is 0 Å². The third-order valence-corrected chi connectivity index (χ3v) is 8.19. The SMILES string of the molecule is O=C(N1C[C@H]2C[C@@H](C1)C2Oc1cc2c(Nc3ccc(Cl)c(Cl)c3F)ncnc2cc1OC1CCOC1)C(F)(F)F. The van der Waals surface area contributed by atoms with E-state index in [9.17, 15) is 22.4 Å². The number of rotatable bonds is 6. The lowest BCUT2D eigenvalue weighted by atomic mass is 9.68. The highest BCUT2D eigenvalue weighted by Gasteiger charge is 2.53. The molecule has 2 aromatic carbocycles. The number of nitrogens with zero attached hydrogens (tertiary/aromatic N) is 3. The van der Waals surface area contributed by atoms with Gasteiger partial charge in [-0.25, -0.2) is 14.4 Å². The van der Waals surface area contributed by atoms with Gasteiger partial charge >= 0.3 is 12.1 Å². The number of hydrogen-bond acceptors (Lipinski definition) is 7. The number of benzene rings is 2. The highest BCUT2D eigenvalue weighted by molar-refractivity contribution is 6.42. The van der Waals surface area contributed by atoms with Crippen LogP contribution in [0, 0.1) is 17.7 Å². The van der Waals surface area contributed by atoms with Crippen molar-refractivity contribution in [2.45, 2.75) is 31.2 Å². The van der Waals surface area contributed by atoms with E-state index >= 15 is 0 Å². The lowest BCUT2D eigenvalue weighted by molar-refractivity contribution is -0.196. The Morgan fingerprint density at radius 1 is 1.10 bits per heavy atom. The summed E-state index contributed by atoms with van der Waals surface area (Å²) < 4.78 is 71.6. The van der Waals surface area contributed by atoms with Gasteiger partial charge in [-0.3, -0.25) is 4.79 Å². The van der Waals surface area contributed by atoms with E-state index in [-0.39, 0.29) is 52.6 Å². The maximum absolute atomic E-state index is 14.8. The monoisotopic (exact) mass is 600 g/mol. The van der Waals surface area contributed by atoms with Gasteiger partial charge in [-0.15, -0.1) is 0 Å². The number of anilines is 2. The summed E-state index contributed by atoms with van der Waals surface area (Å²) >= 11 is 11.9. The molecule has 4 aliphatic rings. The van der Waals surface area contributed by atoms with Crippen molar-refractivity contribution in [3.63, 3.8) is 0 Å². The van der Waals surface area contributed by atoms with Crippen molar-refractivity contribution < 1.29 is 36.6 Å². The highest BCUT2D eigenvalue weighted by Crippen LogP contribution is 2.46. The first-order chi connectivity index (χ1) is 19.1. The van der Waals surface area contributed by atoms with E-state index in [4.69, 9.17) is 37.4 Å². The maximum atomic E-state index is 14.8. The fourth-order valence-electron chi connectivity index (χ4n) is 5.41. The van der Waals surface area contributed by atoms with Gasteiger partial charge in [0.1, 0.15) is 24.4 Å². The molecule has 2 unspecified atom stereocenters. The zero-order valence-corrected chi connectivity index (χ0v) is 22.2. The zero-order valence-electron chi connectivity index (χ0n) is 20.7. The summed E-state index contributed by atoms with van der Waals surface area (Å²) in [4.78, 5) is 21.2. The molecule has 40 heavy (non-hydrogen) atoms. The molecule has 1 amide bonds. The molecule has 3 saturated heterocycles. The van der Waals surface area contributed by atoms with Crippen molar-refractivity contribution in [2.75, 3.05) is 31.6 Å². The first-order valence-electron chi connectivity index (χ1n) is 12.5. The number of ether oxygens (including phenoxy) is 3.